The Hall–Kier alpha value is -1.19. The third kappa shape index (κ3) is 4.29. The van der Waals surface area contributed by atoms with E-state index < -0.39 is 0 Å². The topological polar surface area (TPSA) is 17.1 Å². The van der Waals surface area contributed by atoms with Crippen LogP contribution in [0.1, 0.15) is 5.56 Å². The predicted molar refractivity (Wildman–Crippen MR) is 75.4 cm³/mol. The third-order valence-electron chi connectivity index (χ3n) is 2.14. The van der Waals surface area contributed by atoms with Crippen LogP contribution in [0, 0.1) is 0 Å². The van der Waals surface area contributed by atoms with E-state index in [-0.39, 0.29) is 4.45 Å². The molecule has 0 aliphatic carbocycles. The minimum atomic E-state index is 0.139. The Morgan fingerprint density at radius 2 is 1.47 bits per heavy atom. The van der Waals surface area contributed by atoms with Gasteiger partial charge in [-0.15, -0.1) is 0 Å². The Morgan fingerprint density at radius 3 is 2.12 bits per heavy atom. The molecule has 0 amide bonds. The van der Waals surface area contributed by atoms with Crippen molar-refractivity contribution in [2.24, 2.45) is 0 Å². The summed E-state index contributed by atoms with van der Waals surface area (Å²) in [4.78, 5) is 12.7. The number of thioether (sulfide) groups is 2. The van der Waals surface area contributed by atoms with Gasteiger partial charge in [0.1, 0.15) is 0 Å². The van der Waals surface area contributed by atoms with Crippen molar-refractivity contribution in [1.29, 1.82) is 0 Å². The third-order valence-corrected chi connectivity index (χ3v) is 4.14. The van der Waals surface area contributed by atoms with E-state index in [2.05, 4.69) is 0 Å². The van der Waals surface area contributed by atoms with Crippen molar-refractivity contribution in [1.82, 2.24) is 0 Å². The number of hydrogen-bond donors (Lipinski definition) is 0. The molecule has 2 aromatic carbocycles. The molecule has 0 atom stereocenters. The molecule has 0 fully saturated rings. The molecule has 0 bridgehead atoms. The summed E-state index contributed by atoms with van der Waals surface area (Å²) in [6, 6.07) is 19.8. The average molecular weight is 260 g/mol. The molecule has 0 heterocycles. The van der Waals surface area contributed by atoms with E-state index in [0.29, 0.717) is 0 Å². The van der Waals surface area contributed by atoms with Gasteiger partial charge in [0.2, 0.25) is 0 Å². The van der Waals surface area contributed by atoms with E-state index in [9.17, 15) is 4.79 Å². The number of carbonyl (C=O) groups excluding carboxylic acids is 1. The van der Waals surface area contributed by atoms with Crippen molar-refractivity contribution in [3.8, 4) is 0 Å². The second kappa shape index (κ2) is 6.52. The van der Waals surface area contributed by atoms with Gasteiger partial charge in [-0.2, -0.15) is 0 Å². The molecule has 0 saturated heterocycles. The van der Waals surface area contributed by atoms with E-state index in [1.807, 2.05) is 60.7 Å². The van der Waals surface area contributed by atoms with Gasteiger partial charge in [-0.25, -0.2) is 0 Å². The van der Waals surface area contributed by atoms with Gasteiger partial charge in [0.05, 0.1) is 0 Å². The highest BCUT2D eigenvalue weighted by Crippen LogP contribution is 2.27. The second-order valence-corrected chi connectivity index (χ2v) is 5.69. The van der Waals surface area contributed by atoms with E-state index in [4.69, 9.17) is 0 Å². The first-order valence-corrected chi connectivity index (χ1v) is 7.08. The molecule has 0 N–H and O–H groups in total. The van der Waals surface area contributed by atoms with Crippen LogP contribution in [0.25, 0.3) is 0 Å². The van der Waals surface area contributed by atoms with Crippen LogP contribution in [0.4, 0.5) is 4.79 Å². The van der Waals surface area contributed by atoms with Crippen molar-refractivity contribution < 1.29 is 4.79 Å². The van der Waals surface area contributed by atoms with Gasteiger partial charge < -0.3 is 0 Å². The fraction of sp³-hybridized carbons (Fsp3) is 0.0714. The summed E-state index contributed by atoms with van der Waals surface area (Å²) < 4.78 is 0.139. The number of benzene rings is 2. The highest BCUT2D eigenvalue weighted by molar-refractivity contribution is 8.38. The maximum atomic E-state index is 11.7. The average Bonchev–Trinajstić information content (AvgIpc) is 2.39. The Bertz CT molecular complexity index is 468. The van der Waals surface area contributed by atoms with E-state index in [1.54, 1.807) is 0 Å². The Morgan fingerprint density at radius 1 is 0.882 bits per heavy atom. The van der Waals surface area contributed by atoms with Crippen LogP contribution >= 0.6 is 23.5 Å². The highest BCUT2D eigenvalue weighted by Gasteiger charge is 2.05. The summed E-state index contributed by atoms with van der Waals surface area (Å²) in [7, 11) is 0. The lowest BCUT2D eigenvalue weighted by atomic mass is 10.2. The SMILES string of the molecule is O=C(SCc1ccccc1)Sc1ccccc1. The minimum Gasteiger partial charge on any atom is -0.274 e. The Balaban J connectivity index is 1.83. The van der Waals surface area contributed by atoms with Crippen LogP contribution in [0.2, 0.25) is 0 Å². The first-order chi connectivity index (χ1) is 8.34. The molecule has 0 saturated carbocycles. The molecule has 3 heteroatoms. The molecule has 2 aromatic rings. The van der Waals surface area contributed by atoms with Crippen LogP contribution in [0.15, 0.2) is 65.6 Å². The molecule has 86 valence electrons. The smallest absolute Gasteiger partial charge is 0.251 e. The number of rotatable bonds is 3. The van der Waals surface area contributed by atoms with Gasteiger partial charge in [0, 0.05) is 10.6 Å². The Labute approximate surface area is 110 Å². The fourth-order valence-electron chi connectivity index (χ4n) is 1.33. The number of carbonyl (C=O) groups is 1. The highest BCUT2D eigenvalue weighted by atomic mass is 32.2. The van der Waals surface area contributed by atoms with E-state index in [1.165, 1.54) is 29.1 Å². The molecule has 0 aromatic heterocycles. The molecule has 17 heavy (non-hydrogen) atoms. The maximum absolute atomic E-state index is 11.7. The summed E-state index contributed by atoms with van der Waals surface area (Å²) >= 11 is 2.64. The van der Waals surface area contributed by atoms with Crippen LogP contribution in [0.5, 0.6) is 0 Å². The van der Waals surface area contributed by atoms with Gasteiger partial charge in [0.25, 0.3) is 4.45 Å². The normalized spacial score (nSPS) is 10.1. The number of hydrogen-bond acceptors (Lipinski definition) is 3. The zero-order valence-electron chi connectivity index (χ0n) is 9.21. The molecule has 0 radical (unpaired) electrons. The fourth-order valence-corrected chi connectivity index (χ4v) is 2.99. The molecular weight excluding hydrogens is 248 g/mol. The van der Waals surface area contributed by atoms with Crippen LogP contribution in [0.3, 0.4) is 0 Å². The Kier molecular flexibility index (Phi) is 4.71. The molecule has 1 nitrogen and oxygen atoms in total. The monoisotopic (exact) mass is 260 g/mol. The van der Waals surface area contributed by atoms with Gasteiger partial charge in [-0.05, 0) is 29.5 Å². The molecule has 0 unspecified atom stereocenters. The zero-order chi connectivity index (χ0) is 11.9. The minimum absolute atomic E-state index is 0.139. The zero-order valence-corrected chi connectivity index (χ0v) is 10.8. The molecule has 0 aliphatic heterocycles. The van der Waals surface area contributed by atoms with Gasteiger partial charge in [0.15, 0.2) is 0 Å². The van der Waals surface area contributed by atoms with E-state index in [0.717, 1.165) is 10.6 Å². The van der Waals surface area contributed by atoms with Gasteiger partial charge in [-0.1, -0.05) is 60.3 Å². The first-order valence-electron chi connectivity index (χ1n) is 5.28. The van der Waals surface area contributed by atoms with Crippen molar-refractivity contribution >= 4 is 28.0 Å². The van der Waals surface area contributed by atoms with Crippen molar-refractivity contribution in [2.75, 3.05) is 0 Å². The largest absolute Gasteiger partial charge is 0.274 e. The summed E-state index contributed by atoms with van der Waals surface area (Å²) in [6.07, 6.45) is 0. The predicted octanol–water partition coefficient (Wildman–Crippen LogP) is 4.83. The van der Waals surface area contributed by atoms with Crippen molar-refractivity contribution in [2.45, 2.75) is 10.6 Å². The second-order valence-electron chi connectivity index (χ2n) is 3.44. The summed E-state index contributed by atoms with van der Waals surface area (Å²) in [5.74, 6) is 0.736. The lowest BCUT2D eigenvalue weighted by Gasteiger charge is -2.00. The summed E-state index contributed by atoms with van der Waals surface area (Å²) in [5, 5.41) is 0. The van der Waals surface area contributed by atoms with Gasteiger partial charge >= 0.3 is 0 Å². The molecule has 2 rings (SSSR count). The maximum Gasteiger partial charge on any atom is 0.251 e. The van der Waals surface area contributed by atoms with E-state index >= 15 is 0 Å². The summed E-state index contributed by atoms with van der Waals surface area (Å²) in [6.45, 7) is 0. The molecule has 0 aliphatic rings. The summed E-state index contributed by atoms with van der Waals surface area (Å²) in [5.41, 5.74) is 1.18. The molecule has 0 spiro atoms. The van der Waals surface area contributed by atoms with Crippen LogP contribution < -0.4 is 0 Å². The van der Waals surface area contributed by atoms with Crippen molar-refractivity contribution in [3.05, 3.63) is 66.2 Å². The van der Waals surface area contributed by atoms with Crippen LogP contribution in [-0.4, -0.2) is 4.45 Å². The van der Waals surface area contributed by atoms with Crippen LogP contribution in [-0.2, 0) is 5.75 Å². The standard InChI is InChI=1S/C14H12OS2/c15-14(17-13-9-5-2-6-10-13)16-11-12-7-3-1-4-8-12/h1-10H,11H2. The quantitative estimate of drug-likeness (QED) is 0.736. The lowest BCUT2D eigenvalue weighted by Crippen LogP contribution is -1.84. The first kappa shape index (κ1) is 12.3. The van der Waals surface area contributed by atoms with Gasteiger partial charge in [-0.3, -0.25) is 4.79 Å². The lowest BCUT2D eigenvalue weighted by molar-refractivity contribution is 0.276. The molecular formula is C14H12OS2. The van der Waals surface area contributed by atoms with Crippen molar-refractivity contribution in [3.63, 3.8) is 0 Å².